The Labute approximate surface area is 144 Å². The van der Waals surface area contributed by atoms with Crippen LogP contribution < -0.4 is 16.0 Å². The van der Waals surface area contributed by atoms with Gasteiger partial charge in [0.25, 0.3) is 0 Å². The van der Waals surface area contributed by atoms with E-state index in [1.54, 1.807) is 6.92 Å². The van der Waals surface area contributed by atoms with Crippen molar-refractivity contribution in [2.24, 2.45) is 5.73 Å². The van der Waals surface area contributed by atoms with Crippen LogP contribution >= 0.6 is 12.4 Å². The Morgan fingerprint density at radius 3 is 2.65 bits per heavy atom. The molecule has 7 heteroatoms. The van der Waals surface area contributed by atoms with Gasteiger partial charge in [0.15, 0.2) is 0 Å². The Balaban J connectivity index is 0.00000264. The highest BCUT2D eigenvalue weighted by Gasteiger charge is 2.27. The number of nitrogens with one attached hydrogen (secondary N) is 1. The normalized spacial score (nSPS) is 17.1. The number of carbonyl (C=O) groups excluding carboxylic acids is 1. The van der Waals surface area contributed by atoms with Gasteiger partial charge in [0, 0.05) is 13.1 Å². The quantitative estimate of drug-likeness (QED) is 0.856. The van der Waals surface area contributed by atoms with Gasteiger partial charge in [-0.15, -0.1) is 12.4 Å². The zero-order valence-electron chi connectivity index (χ0n) is 14.1. The Hall–Kier alpha value is -1.37. The predicted octanol–water partition coefficient (Wildman–Crippen LogP) is 2.10. The van der Waals surface area contributed by atoms with Gasteiger partial charge in [-0.25, -0.2) is 4.98 Å². The van der Waals surface area contributed by atoms with Gasteiger partial charge in [-0.1, -0.05) is 13.3 Å². The van der Waals surface area contributed by atoms with Crippen molar-refractivity contribution in [3.8, 4) is 0 Å². The van der Waals surface area contributed by atoms with E-state index >= 15 is 0 Å². The smallest absolute Gasteiger partial charge is 0.244 e. The number of amides is 1. The van der Waals surface area contributed by atoms with E-state index in [2.05, 4.69) is 15.2 Å². The van der Waals surface area contributed by atoms with Crippen molar-refractivity contribution in [2.75, 3.05) is 36.5 Å². The van der Waals surface area contributed by atoms with Crippen molar-refractivity contribution in [3.05, 3.63) is 17.8 Å². The third-order valence-corrected chi connectivity index (χ3v) is 3.94. The summed E-state index contributed by atoms with van der Waals surface area (Å²) < 4.78 is 5.35. The number of aryl methyl sites for hydroxylation is 1. The zero-order valence-corrected chi connectivity index (χ0v) is 14.9. The van der Waals surface area contributed by atoms with Crippen LogP contribution in [0.15, 0.2) is 12.1 Å². The molecule has 0 saturated carbocycles. The number of nitrogens with two attached hydrogens (primary N) is 1. The molecule has 1 aromatic heterocycles. The molecule has 0 aliphatic carbocycles. The maximum absolute atomic E-state index is 12.3. The molecule has 1 aromatic rings. The van der Waals surface area contributed by atoms with Gasteiger partial charge >= 0.3 is 0 Å². The summed E-state index contributed by atoms with van der Waals surface area (Å²) in [6.07, 6.45) is 1.52. The first-order chi connectivity index (χ1) is 10.4. The van der Waals surface area contributed by atoms with Crippen molar-refractivity contribution < 1.29 is 9.53 Å². The molecule has 1 aliphatic heterocycles. The average molecular weight is 343 g/mol. The van der Waals surface area contributed by atoms with E-state index in [9.17, 15) is 4.79 Å². The van der Waals surface area contributed by atoms with Crippen LogP contribution in [0.2, 0.25) is 0 Å². The molecule has 130 valence electrons. The van der Waals surface area contributed by atoms with Crippen molar-refractivity contribution in [1.82, 2.24) is 4.98 Å². The van der Waals surface area contributed by atoms with E-state index in [1.165, 1.54) is 0 Å². The van der Waals surface area contributed by atoms with Crippen molar-refractivity contribution in [3.63, 3.8) is 0 Å². The first kappa shape index (κ1) is 19.7. The van der Waals surface area contributed by atoms with E-state index in [4.69, 9.17) is 10.5 Å². The van der Waals surface area contributed by atoms with Gasteiger partial charge in [-0.2, -0.15) is 0 Å². The molecule has 1 amide bonds. The molecule has 2 heterocycles. The van der Waals surface area contributed by atoms with E-state index in [1.807, 2.05) is 26.0 Å². The molecule has 0 spiro atoms. The minimum absolute atomic E-state index is 0. The number of ether oxygens (including phenoxy) is 1. The molecule has 6 nitrogen and oxygen atoms in total. The number of pyridine rings is 1. The first-order valence-corrected chi connectivity index (χ1v) is 7.84. The molecule has 1 atom stereocenters. The monoisotopic (exact) mass is 342 g/mol. The highest BCUT2D eigenvalue weighted by molar-refractivity contribution is 5.98. The summed E-state index contributed by atoms with van der Waals surface area (Å²) in [6, 6.07) is 3.83. The van der Waals surface area contributed by atoms with E-state index in [-0.39, 0.29) is 18.3 Å². The van der Waals surface area contributed by atoms with Gasteiger partial charge in [0.2, 0.25) is 5.91 Å². The molecular formula is C16H27ClN4O2. The second kappa shape index (κ2) is 8.47. The molecule has 1 saturated heterocycles. The minimum Gasteiger partial charge on any atom is -0.378 e. The Bertz CT molecular complexity index is 531. The van der Waals surface area contributed by atoms with Crippen molar-refractivity contribution >= 4 is 29.8 Å². The van der Waals surface area contributed by atoms with Crippen molar-refractivity contribution in [1.29, 1.82) is 0 Å². The summed E-state index contributed by atoms with van der Waals surface area (Å²) in [4.78, 5) is 19.1. The van der Waals surface area contributed by atoms with Crippen LogP contribution in [-0.2, 0) is 9.53 Å². The fourth-order valence-corrected chi connectivity index (χ4v) is 2.55. The Morgan fingerprint density at radius 2 is 2.09 bits per heavy atom. The standard InChI is InChI=1S/C16H26N4O2.ClH/c1-4-7-16(3,17)15(21)19-13-5-6-14(18-12(13)2)20-8-10-22-11-9-20;/h5-6H,4,7-11,17H2,1-3H3,(H,19,21);1H. The highest BCUT2D eigenvalue weighted by Crippen LogP contribution is 2.21. The Morgan fingerprint density at radius 1 is 1.43 bits per heavy atom. The molecule has 23 heavy (non-hydrogen) atoms. The van der Waals surface area contributed by atoms with Gasteiger partial charge in [-0.05, 0) is 32.4 Å². The first-order valence-electron chi connectivity index (χ1n) is 7.84. The number of nitrogens with zero attached hydrogens (tertiary/aromatic N) is 2. The molecule has 0 bridgehead atoms. The van der Waals surface area contributed by atoms with Gasteiger partial charge in [-0.3, -0.25) is 4.79 Å². The number of rotatable bonds is 5. The molecule has 1 fully saturated rings. The predicted molar refractivity (Wildman–Crippen MR) is 95.4 cm³/mol. The molecular weight excluding hydrogens is 316 g/mol. The lowest BCUT2D eigenvalue weighted by Gasteiger charge is -2.28. The highest BCUT2D eigenvalue weighted by atomic mass is 35.5. The largest absolute Gasteiger partial charge is 0.378 e. The van der Waals surface area contributed by atoms with Gasteiger partial charge in [0.05, 0.1) is 30.1 Å². The average Bonchev–Trinajstić information content (AvgIpc) is 2.50. The zero-order chi connectivity index (χ0) is 16.2. The van der Waals surface area contributed by atoms with Crippen molar-refractivity contribution in [2.45, 2.75) is 39.2 Å². The number of morpholine rings is 1. The number of hydrogen-bond donors (Lipinski definition) is 2. The van der Waals surface area contributed by atoms with Crippen LogP contribution in [0, 0.1) is 6.92 Å². The van der Waals surface area contributed by atoms with Crippen LogP contribution in [0.5, 0.6) is 0 Å². The van der Waals surface area contributed by atoms with Crippen LogP contribution in [0.4, 0.5) is 11.5 Å². The fraction of sp³-hybridized carbons (Fsp3) is 0.625. The number of anilines is 2. The fourth-order valence-electron chi connectivity index (χ4n) is 2.55. The number of carbonyl (C=O) groups is 1. The molecule has 2 rings (SSSR count). The maximum Gasteiger partial charge on any atom is 0.244 e. The minimum atomic E-state index is -0.857. The van der Waals surface area contributed by atoms with E-state index in [0.717, 1.165) is 49.9 Å². The summed E-state index contributed by atoms with van der Waals surface area (Å²) in [6.45, 7) is 8.81. The van der Waals surface area contributed by atoms with E-state index in [0.29, 0.717) is 6.42 Å². The maximum atomic E-state index is 12.3. The molecule has 0 radical (unpaired) electrons. The number of aromatic nitrogens is 1. The number of halogens is 1. The second-order valence-corrected chi connectivity index (χ2v) is 6.02. The topological polar surface area (TPSA) is 80.5 Å². The lowest BCUT2D eigenvalue weighted by atomic mass is 9.96. The summed E-state index contributed by atoms with van der Waals surface area (Å²) in [5.74, 6) is 0.751. The van der Waals surface area contributed by atoms with E-state index < -0.39 is 5.54 Å². The summed E-state index contributed by atoms with van der Waals surface area (Å²) >= 11 is 0. The summed E-state index contributed by atoms with van der Waals surface area (Å²) in [5, 5.41) is 2.90. The second-order valence-electron chi connectivity index (χ2n) is 6.02. The molecule has 1 unspecified atom stereocenters. The molecule has 0 aromatic carbocycles. The lowest BCUT2D eigenvalue weighted by molar-refractivity contribution is -0.120. The van der Waals surface area contributed by atoms with Gasteiger partial charge < -0.3 is 20.7 Å². The molecule has 1 aliphatic rings. The van der Waals surface area contributed by atoms with Crippen LogP contribution in [0.1, 0.15) is 32.4 Å². The SMILES string of the molecule is CCCC(C)(N)C(=O)Nc1ccc(N2CCOCC2)nc1C.Cl. The number of hydrogen-bond acceptors (Lipinski definition) is 5. The third kappa shape index (κ3) is 5.06. The third-order valence-electron chi connectivity index (χ3n) is 3.94. The van der Waals surface area contributed by atoms with Crippen LogP contribution in [-0.4, -0.2) is 42.7 Å². The summed E-state index contributed by atoms with van der Waals surface area (Å²) in [7, 11) is 0. The van der Waals surface area contributed by atoms with Crippen LogP contribution in [0.25, 0.3) is 0 Å². The lowest BCUT2D eigenvalue weighted by Crippen LogP contribution is -2.48. The van der Waals surface area contributed by atoms with Crippen LogP contribution in [0.3, 0.4) is 0 Å². The molecule has 3 N–H and O–H groups in total. The Kier molecular flexibility index (Phi) is 7.25. The van der Waals surface area contributed by atoms with Gasteiger partial charge in [0.1, 0.15) is 5.82 Å². The summed E-state index contributed by atoms with van der Waals surface area (Å²) in [5.41, 5.74) is 6.72.